The van der Waals surface area contributed by atoms with E-state index in [1.165, 1.54) is 17.2 Å². The Hall–Kier alpha value is -3.38. The van der Waals surface area contributed by atoms with Crippen LogP contribution in [0.4, 0.5) is 4.79 Å². The highest BCUT2D eigenvalue weighted by Gasteiger charge is 2.37. The summed E-state index contributed by atoms with van der Waals surface area (Å²) in [5, 5.41) is 11.1. The number of furan rings is 1. The molecule has 0 aliphatic carbocycles. The highest BCUT2D eigenvalue weighted by Crippen LogP contribution is 2.22. The van der Waals surface area contributed by atoms with Crippen LogP contribution in [-0.2, 0) is 17.7 Å². The number of aliphatic hydroxyl groups is 1. The van der Waals surface area contributed by atoms with Crippen LogP contribution in [0.5, 0.6) is 0 Å². The normalized spacial score (nSPS) is 13.2. The first-order chi connectivity index (χ1) is 15.2. The van der Waals surface area contributed by atoms with E-state index in [1.807, 2.05) is 60.7 Å². The number of rotatable bonds is 8. The molecule has 0 saturated carbocycles. The molecular weight excluding hydrogens is 406 g/mol. The van der Waals surface area contributed by atoms with Gasteiger partial charge in [0.15, 0.2) is 5.76 Å². The molecule has 1 amide bonds. The highest BCUT2D eigenvalue weighted by atomic mass is 16.6. The molecule has 2 aromatic carbocycles. The fourth-order valence-electron chi connectivity index (χ4n) is 3.40. The van der Waals surface area contributed by atoms with Gasteiger partial charge in [-0.05, 0) is 50.5 Å². The second kappa shape index (κ2) is 10.3. The number of nitrogens with zero attached hydrogens (tertiary/aromatic N) is 1. The molecule has 6 heteroatoms. The van der Waals surface area contributed by atoms with Crippen LogP contribution >= 0.6 is 0 Å². The van der Waals surface area contributed by atoms with E-state index in [1.54, 1.807) is 26.8 Å². The van der Waals surface area contributed by atoms with E-state index in [0.29, 0.717) is 0 Å². The lowest BCUT2D eigenvalue weighted by molar-refractivity contribution is -0.00568. The number of hydrogen-bond donors (Lipinski definition) is 1. The summed E-state index contributed by atoms with van der Waals surface area (Å²) in [7, 11) is 0. The van der Waals surface area contributed by atoms with E-state index in [9.17, 15) is 14.7 Å². The van der Waals surface area contributed by atoms with Crippen LogP contribution in [0.3, 0.4) is 0 Å². The maximum absolute atomic E-state index is 13.3. The van der Waals surface area contributed by atoms with Gasteiger partial charge in [0, 0.05) is 6.54 Å². The minimum absolute atomic E-state index is 0.0411. The van der Waals surface area contributed by atoms with E-state index < -0.39 is 29.6 Å². The Morgan fingerprint density at radius 2 is 1.53 bits per heavy atom. The van der Waals surface area contributed by atoms with Crippen LogP contribution < -0.4 is 0 Å². The summed E-state index contributed by atoms with van der Waals surface area (Å²) in [6, 6.07) is 21.1. The van der Waals surface area contributed by atoms with E-state index >= 15 is 0 Å². The first kappa shape index (κ1) is 23.3. The molecule has 0 bridgehead atoms. The third-order valence-corrected chi connectivity index (χ3v) is 4.91. The van der Waals surface area contributed by atoms with E-state index in [-0.39, 0.29) is 18.7 Å². The van der Waals surface area contributed by atoms with Crippen molar-refractivity contribution >= 4 is 11.9 Å². The number of aliphatic hydroxyl groups excluding tert-OH is 1. The zero-order chi connectivity index (χ0) is 23.1. The average Bonchev–Trinajstić information content (AvgIpc) is 3.30. The van der Waals surface area contributed by atoms with Gasteiger partial charge in [-0.15, -0.1) is 0 Å². The van der Waals surface area contributed by atoms with E-state index in [0.717, 1.165) is 11.1 Å². The van der Waals surface area contributed by atoms with Crippen molar-refractivity contribution in [2.75, 3.05) is 0 Å². The van der Waals surface area contributed by atoms with Gasteiger partial charge in [0.25, 0.3) is 0 Å². The van der Waals surface area contributed by atoms with Crippen molar-refractivity contribution in [2.45, 2.75) is 51.5 Å². The van der Waals surface area contributed by atoms with Gasteiger partial charge in [-0.2, -0.15) is 0 Å². The van der Waals surface area contributed by atoms with Crippen molar-refractivity contribution < 1.29 is 23.8 Å². The number of benzene rings is 2. The van der Waals surface area contributed by atoms with Gasteiger partial charge in [-0.25, -0.2) is 4.79 Å². The summed E-state index contributed by atoms with van der Waals surface area (Å²) < 4.78 is 10.9. The second-order valence-electron chi connectivity index (χ2n) is 8.64. The number of ketones is 1. The van der Waals surface area contributed by atoms with Crippen LogP contribution in [-0.4, -0.2) is 39.6 Å². The summed E-state index contributed by atoms with van der Waals surface area (Å²) in [4.78, 5) is 27.7. The molecule has 32 heavy (non-hydrogen) atoms. The molecule has 1 N–H and O–H groups in total. The van der Waals surface area contributed by atoms with Crippen LogP contribution in [0.2, 0.25) is 0 Å². The van der Waals surface area contributed by atoms with Crippen molar-refractivity contribution in [3.05, 3.63) is 95.9 Å². The molecule has 2 atom stereocenters. The Morgan fingerprint density at radius 1 is 0.938 bits per heavy atom. The lowest BCUT2D eigenvalue weighted by Gasteiger charge is -2.35. The van der Waals surface area contributed by atoms with Gasteiger partial charge in [0.05, 0.1) is 12.3 Å². The van der Waals surface area contributed by atoms with Crippen molar-refractivity contribution in [3.63, 3.8) is 0 Å². The molecule has 1 aromatic heterocycles. The SMILES string of the molecule is CC(C)(C)OC(=O)N(Cc1ccccc1)[C@@H](Cc1ccccc1)[C@H](O)C(=O)c1ccco1. The van der Waals surface area contributed by atoms with E-state index in [4.69, 9.17) is 9.15 Å². The third-order valence-electron chi connectivity index (χ3n) is 4.91. The molecule has 3 rings (SSSR count). The summed E-state index contributed by atoms with van der Waals surface area (Å²) in [6.07, 6.45) is -0.464. The van der Waals surface area contributed by atoms with Gasteiger partial charge in [0.2, 0.25) is 5.78 Å². The average molecular weight is 436 g/mol. The summed E-state index contributed by atoms with van der Waals surface area (Å²) in [5.41, 5.74) is 0.999. The Balaban J connectivity index is 1.99. The van der Waals surface area contributed by atoms with Crippen molar-refractivity contribution in [3.8, 4) is 0 Å². The molecule has 6 nitrogen and oxygen atoms in total. The Bertz CT molecular complexity index is 994. The molecule has 0 radical (unpaired) electrons. The van der Waals surface area contributed by atoms with Crippen molar-refractivity contribution in [2.24, 2.45) is 0 Å². The molecule has 0 saturated heterocycles. The zero-order valence-electron chi connectivity index (χ0n) is 18.6. The van der Waals surface area contributed by atoms with Gasteiger partial charge >= 0.3 is 6.09 Å². The molecule has 1 heterocycles. The largest absolute Gasteiger partial charge is 0.461 e. The lowest BCUT2D eigenvalue weighted by Crippen LogP contribution is -2.52. The van der Waals surface area contributed by atoms with Gasteiger partial charge in [-0.3, -0.25) is 9.69 Å². The molecule has 3 aromatic rings. The van der Waals surface area contributed by atoms with Crippen LogP contribution in [0.25, 0.3) is 0 Å². The maximum Gasteiger partial charge on any atom is 0.410 e. The van der Waals surface area contributed by atoms with Crippen molar-refractivity contribution in [1.29, 1.82) is 0 Å². The first-order valence-corrected chi connectivity index (χ1v) is 10.6. The minimum atomic E-state index is -1.50. The molecule has 0 spiro atoms. The number of carbonyl (C=O) groups excluding carboxylic acids is 2. The number of ether oxygens (including phenoxy) is 1. The van der Waals surface area contributed by atoms with Crippen LogP contribution in [0.15, 0.2) is 83.5 Å². The summed E-state index contributed by atoms with van der Waals surface area (Å²) in [6.45, 7) is 5.52. The standard InChI is InChI=1S/C26H29NO5/c1-26(2,3)32-25(30)27(18-20-13-8-5-9-14-20)21(17-19-11-6-4-7-12-19)23(28)24(29)22-15-10-16-31-22/h4-16,21,23,28H,17-18H2,1-3H3/t21-,23-/m0/s1. The number of amides is 1. The molecule has 0 aliphatic heterocycles. The topological polar surface area (TPSA) is 80.0 Å². The predicted molar refractivity (Wildman–Crippen MR) is 121 cm³/mol. The third kappa shape index (κ3) is 6.31. The maximum atomic E-state index is 13.3. The van der Waals surface area contributed by atoms with Crippen molar-refractivity contribution in [1.82, 2.24) is 4.90 Å². The first-order valence-electron chi connectivity index (χ1n) is 10.6. The minimum Gasteiger partial charge on any atom is -0.461 e. The second-order valence-corrected chi connectivity index (χ2v) is 8.64. The monoisotopic (exact) mass is 435 g/mol. The molecular formula is C26H29NO5. The fourth-order valence-corrected chi connectivity index (χ4v) is 3.40. The molecule has 0 fully saturated rings. The van der Waals surface area contributed by atoms with Gasteiger partial charge < -0.3 is 14.3 Å². The quantitative estimate of drug-likeness (QED) is 0.511. The number of hydrogen-bond acceptors (Lipinski definition) is 5. The molecule has 0 unspecified atom stereocenters. The summed E-state index contributed by atoms with van der Waals surface area (Å²) >= 11 is 0. The smallest absolute Gasteiger partial charge is 0.410 e. The number of carbonyl (C=O) groups is 2. The molecule has 0 aliphatic rings. The van der Waals surface area contributed by atoms with Crippen LogP contribution in [0, 0.1) is 0 Å². The Labute approximate surface area is 188 Å². The lowest BCUT2D eigenvalue weighted by atomic mass is 9.95. The summed E-state index contributed by atoms with van der Waals surface area (Å²) in [5.74, 6) is -0.544. The van der Waals surface area contributed by atoms with E-state index in [2.05, 4.69) is 0 Å². The van der Waals surface area contributed by atoms with Gasteiger partial charge in [-0.1, -0.05) is 60.7 Å². The zero-order valence-corrected chi connectivity index (χ0v) is 18.6. The van der Waals surface area contributed by atoms with Gasteiger partial charge in [0.1, 0.15) is 11.7 Å². The predicted octanol–water partition coefficient (Wildman–Crippen LogP) is 4.87. The Kier molecular flexibility index (Phi) is 7.49. The fraction of sp³-hybridized carbons (Fsp3) is 0.308. The molecule has 168 valence electrons. The highest BCUT2D eigenvalue weighted by molar-refractivity contribution is 5.97. The van der Waals surface area contributed by atoms with Crippen LogP contribution in [0.1, 0.15) is 42.5 Å². The Morgan fingerprint density at radius 3 is 2.06 bits per heavy atom. The number of Topliss-reactive ketones (excluding diaryl/α,β-unsaturated/α-hetero) is 1.